The first kappa shape index (κ1) is 15.8. The molecule has 2 aromatic rings. The van der Waals surface area contributed by atoms with Gasteiger partial charge in [0.2, 0.25) is 0 Å². The molecule has 0 heterocycles. The zero-order valence-corrected chi connectivity index (χ0v) is 12.4. The van der Waals surface area contributed by atoms with Crippen LogP contribution in [0.5, 0.6) is 5.75 Å². The maximum Gasteiger partial charge on any atom is 0.319 e. The molecule has 0 atom stereocenters. The molecule has 0 saturated carbocycles. The Bertz CT molecular complexity index is 696. The fourth-order valence-electron chi connectivity index (χ4n) is 1.79. The van der Waals surface area contributed by atoms with E-state index in [9.17, 15) is 25.3 Å². The van der Waals surface area contributed by atoms with Crippen molar-refractivity contribution in [3.8, 4) is 5.75 Å². The summed E-state index contributed by atoms with van der Waals surface area (Å²) >= 11 is 1.23. The van der Waals surface area contributed by atoms with Gasteiger partial charge in [-0.1, -0.05) is 29.8 Å². The molecule has 1 N–H and O–H groups in total. The topological polar surface area (TPSA) is 107 Å². The summed E-state index contributed by atoms with van der Waals surface area (Å²) in [6.45, 7) is 1.96. The number of phenolic OH excluding ortho intramolecular Hbond substituents is 1. The number of hydrogen-bond acceptors (Lipinski definition) is 6. The van der Waals surface area contributed by atoms with E-state index >= 15 is 0 Å². The highest BCUT2D eigenvalue weighted by molar-refractivity contribution is 7.98. The summed E-state index contributed by atoms with van der Waals surface area (Å²) in [5.41, 5.74) is 0.778. The Balaban J connectivity index is 2.28. The van der Waals surface area contributed by atoms with Crippen molar-refractivity contribution in [2.45, 2.75) is 17.6 Å². The lowest BCUT2D eigenvalue weighted by Crippen LogP contribution is -1.95. The summed E-state index contributed by atoms with van der Waals surface area (Å²) in [6.07, 6.45) is 0. The molecule has 0 aliphatic rings. The Hall–Kier alpha value is -2.61. The third kappa shape index (κ3) is 3.53. The second kappa shape index (κ2) is 6.44. The summed E-state index contributed by atoms with van der Waals surface area (Å²) in [6, 6.07) is 10.0. The van der Waals surface area contributed by atoms with Crippen molar-refractivity contribution in [2.75, 3.05) is 0 Å². The lowest BCUT2D eigenvalue weighted by Gasteiger charge is -2.04. The van der Waals surface area contributed by atoms with Crippen molar-refractivity contribution in [2.24, 2.45) is 0 Å². The summed E-state index contributed by atoms with van der Waals surface area (Å²) in [4.78, 5) is 20.4. The zero-order chi connectivity index (χ0) is 16.3. The minimum atomic E-state index is -0.922. The highest BCUT2D eigenvalue weighted by atomic mass is 32.2. The van der Waals surface area contributed by atoms with Gasteiger partial charge in [-0.3, -0.25) is 20.2 Å². The van der Waals surface area contributed by atoms with Crippen molar-refractivity contribution in [1.29, 1.82) is 0 Å². The Morgan fingerprint density at radius 3 is 2.00 bits per heavy atom. The SMILES string of the molecule is Cc1ccc(CSc2cc([N+](=O)[O-])c(O)c([N+](=O)[O-])c2)cc1. The predicted octanol–water partition coefficient (Wildman–Crippen LogP) is 3.81. The maximum atomic E-state index is 10.9. The van der Waals surface area contributed by atoms with Crippen LogP contribution in [0, 0.1) is 27.2 Å². The fraction of sp³-hybridized carbons (Fsp3) is 0.143. The van der Waals surface area contributed by atoms with Gasteiger partial charge in [0.25, 0.3) is 5.75 Å². The Kier molecular flexibility index (Phi) is 4.62. The molecule has 0 unspecified atom stereocenters. The van der Waals surface area contributed by atoms with Crippen LogP contribution in [0.3, 0.4) is 0 Å². The van der Waals surface area contributed by atoms with Gasteiger partial charge in [0.05, 0.1) is 9.85 Å². The smallest absolute Gasteiger partial charge is 0.319 e. The second-order valence-corrected chi connectivity index (χ2v) is 5.65. The highest BCUT2D eigenvalue weighted by Gasteiger charge is 2.26. The van der Waals surface area contributed by atoms with Crippen LogP contribution in [0.4, 0.5) is 11.4 Å². The van der Waals surface area contributed by atoms with Gasteiger partial charge in [0, 0.05) is 22.8 Å². The first-order valence-corrected chi connectivity index (χ1v) is 7.21. The molecule has 0 saturated heterocycles. The zero-order valence-electron chi connectivity index (χ0n) is 11.6. The summed E-state index contributed by atoms with van der Waals surface area (Å²) in [5.74, 6) is -0.408. The third-order valence-electron chi connectivity index (χ3n) is 2.96. The molecule has 0 aliphatic carbocycles. The Morgan fingerprint density at radius 2 is 1.55 bits per heavy atom. The molecule has 0 bridgehead atoms. The molecule has 2 rings (SSSR count). The van der Waals surface area contributed by atoms with E-state index in [-0.39, 0.29) is 0 Å². The molecule has 114 valence electrons. The highest BCUT2D eigenvalue weighted by Crippen LogP contribution is 2.40. The quantitative estimate of drug-likeness (QED) is 0.510. The van der Waals surface area contributed by atoms with Gasteiger partial charge in [0.15, 0.2) is 0 Å². The molecule has 7 nitrogen and oxygen atoms in total. The van der Waals surface area contributed by atoms with Gasteiger partial charge in [-0.25, -0.2) is 0 Å². The van der Waals surface area contributed by atoms with Gasteiger partial charge in [-0.05, 0) is 12.5 Å². The van der Waals surface area contributed by atoms with Crippen LogP contribution >= 0.6 is 11.8 Å². The van der Waals surface area contributed by atoms with Gasteiger partial charge in [-0.15, -0.1) is 11.8 Å². The molecular weight excluding hydrogens is 308 g/mol. The van der Waals surface area contributed by atoms with Crippen LogP contribution in [0.1, 0.15) is 11.1 Å². The minimum absolute atomic E-state index is 0.358. The molecule has 22 heavy (non-hydrogen) atoms. The average molecular weight is 320 g/mol. The molecule has 0 fully saturated rings. The number of benzene rings is 2. The number of nitro groups is 2. The van der Waals surface area contributed by atoms with Crippen LogP contribution in [-0.4, -0.2) is 15.0 Å². The Labute approximate surface area is 129 Å². The minimum Gasteiger partial charge on any atom is -0.497 e. The molecule has 0 radical (unpaired) electrons. The molecule has 8 heteroatoms. The number of nitrogens with zero attached hydrogens (tertiary/aromatic N) is 2. The standard InChI is InChI=1S/C14H12N2O5S/c1-9-2-4-10(5-3-9)8-22-11-6-12(15(18)19)14(17)13(7-11)16(20)21/h2-7,17H,8H2,1H3. The van der Waals surface area contributed by atoms with E-state index in [1.807, 2.05) is 31.2 Å². The van der Waals surface area contributed by atoms with E-state index in [2.05, 4.69) is 0 Å². The van der Waals surface area contributed by atoms with Crippen LogP contribution in [0.2, 0.25) is 0 Å². The van der Waals surface area contributed by atoms with Gasteiger partial charge in [-0.2, -0.15) is 0 Å². The van der Waals surface area contributed by atoms with E-state index in [0.717, 1.165) is 23.3 Å². The number of aromatic hydroxyl groups is 1. The number of nitro benzene ring substituents is 2. The van der Waals surface area contributed by atoms with E-state index in [1.165, 1.54) is 11.8 Å². The third-order valence-corrected chi connectivity index (χ3v) is 4.01. The number of phenols is 1. The molecule has 2 aromatic carbocycles. The Morgan fingerprint density at radius 1 is 1.05 bits per heavy atom. The lowest BCUT2D eigenvalue weighted by molar-refractivity contribution is -0.396. The van der Waals surface area contributed by atoms with Crippen molar-refractivity contribution >= 4 is 23.1 Å². The van der Waals surface area contributed by atoms with E-state index in [0.29, 0.717) is 10.6 Å². The van der Waals surface area contributed by atoms with Crippen LogP contribution < -0.4 is 0 Å². The molecule has 0 aliphatic heterocycles. The van der Waals surface area contributed by atoms with E-state index in [4.69, 9.17) is 0 Å². The van der Waals surface area contributed by atoms with Crippen molar-refractivity contribution < 1.29 is 15.0 Å². The van der Waals surface area contributed by atoms with Crippen molar-refractivity contribution in [3.05, 3.63) is 67.8 Å². The fourth-order valence-corrected chi connectivity index (χ4v) is 2.71. The number of aryl methyl sites for hydroxylation is 1. The van der Waals surface area contributed by atoms with Crippen LogP contribution in [0.25, 0.3) is 0 Å². The van der Waals surface area contributed by atoms with E-state index in [1.54, 1.807) is 0 Å². The van der Waals surface area contributed by atoms with Crippen LogP contribution in [0.15, 0.2) is 41.3 Å². The maximum absolute atomic E-state index is 10.9. The van der Waals surface area contributed by atoms with Gasteiger partial charge >= 0.3 is 11.4 Å². The number of rotatable bonds is 5. The molecule has 0 amide bonds. The first-order valence-electron chi connectivity index (χ1n) is 6.22. The van der Waals surface area contributed by atoms with Crippen LogP contribution in [-0.2, 0) is 5.75 Å². The second-order valence-electron chi connectivity index (χ2n) is 4.60. The summed E-state index contributed by atoms with van der Waals surface area (Å²) in [5, 5.41) is 31.3. The summed E-state index contributed by atoms with van der Waals surface area (Å²) in [7, 11) is 0. The number of thioether (sulfide) groups is 1. The lowest BCUT2D eigenvalue weighted by atomic mass is 10.2. The van der Waals surface area contributed by atoms with Crippen molar-refractivity contribution in [1.82, 2.24) is 0 Å². The number of hydrogen-bond donors (Lipinski definition) is 1. The van der Waals surface area contributed by atoms with E-state index < -0.39 is 27.0 Å². The average Bonchev–Trinajstić information content (AvgIpc) is 2.47. The van der Waals surface area contributed by atoms with Gasteiger partial charge < -0.3 is 5.11 Å². The van der Waals surface area contributed by atoms with Gasteiger partial charge in [0.1, 0.15) is 0 Å². The molecule has 0 aromatic heterocycles. The predicted molar refractivity (Wildman–Crippen MR) is 82.2 cm³/mol. The first-order chi connectivity index (χ1) is 10.4. The molecular formula is C14H12N2O5S. The summed E-state index contributed by atoms with van der Waals surface area (Å²) < 4.78 is 0. The monoisotopic (exact) mass is 320 g/mol. The van der Waals surface area contributed by atoms with Crippen molar-refractivity contribution in [3.63, 3.8) is 0 Å². The normalized spacial score (nSPS) is 10.4. The molecule has 0 spiro atoms. The largest absolute Gasteiger partial charge is 0.497 e.